The van der Waals surface area contributed by atoms with Crippen molar-refractivity contribution in [1.29, 1.82) is 0 Å². The first-order valence-electron chi connectivity index (χ1n) is 5.11. The Morgan fingerprint density at radius 3 is 2.44 bits per heavy atom. The molecule has 1 nitrogen and oxygen atoms in total. The Bertz CT molecular complexity index is 483. The van der Waals surface area contributed by atoms with Crippen LogP contribution in [-0.4, -0.2) is 6.21 Å². The fourth-order valence-electron chi connectivity index (χ4n) is 1.46. The van der Waals surface area contributed by atoms with Gasteiger partial charge >= 0.3 is 0 Å². The highest BCUT2D eigenvalue weighted by molar-refractivity contribution is 6.33. The molecule has 0 bridgehead atoms. The van der Waals surface area contributed by atoms with Gasteiger partial charge in [-0.3, -0.25) is 4.99 Å². The molecule has 2 rings (SSSR count). The lowest BCUT2D eigenvalue weighted by molar-refractivity contribution is 1.44. The van der Waals surface area contributed by atoms with Crippen LogP contribution in [0, 0.1) is 6.92 Å². The molecule has 0 saturated heterocycles. The Morgan fingerprint density at radius 2 is 1.75 bits per heavy atom. The second-order valence-corrected chi connectivity index (χ2v) is 3.97. The summed E-state index contributed by atoms with van der Waals surface area (Å²) in [5.41, 5.74) is 3.04. The van der Waals surface area contributed by atoms with Gasteiger partial charge in [-0.05, 0) is 30.7 Å². The summed E-state index contributed by atoms with van der Waals surface area (Å²) < 4.78 is 0. The molecule has 2 heteroatoms. The molecule has 0 fully saturated rings. The van der Waals surface area contributed by atoms with E-state index in [0.29, 0.717) is 0 Å². The van der Waals surface area contributed by atoms with E-state index in [1.54, 1.807) is 0 Å². The van der Waals surface area contributed by atoms with Crippen molar-refractivity contribution < 1.29 is 0 Å². The molecule has 0 spiro atoms. The summed E-state index contributed by atoms with van der Waals surface area (Å²) in [5.74, 6) is 0. The second-order valence-electron chi connectivity index (χ2n) is 3.56. The van der Waals surface area contributed by atoms with Gasteiger partial charge in [0.15, 0.2) is 0 Å². The fourth-order valence-corrected chi connectivity index (χ4v) is 1.73. The summed E-state index contributed by atoms with van der Waals surface area (Å²) in [6.07, 6.45) is 1.81. The standard InChI is InChI=1S/C14H12ClN/c1-11-6-5-9-14(15)13(11)10-16-12-7-3-2-4-8-12/h2-10H,1H3. The zero-order valence-corrected chi connectivity index (χ0v) is 9.78. The molecule has 0 aliphatic rings. The van der Waals surface area contributed by atoms with Crippen molar-refractivity contribution >= 4 is 23.5 Å². The van der Waals surface area contributed by atoms with Gasteiger partial charge in [0.25, 0.3) is 0 Å². The molecular formula is C14H12ClN. The number of para-hydroxylation sites is 1. The highest BCUT2D eigenvalue weighted by atomic mass is 35.5. The van der Waals surface area contributed by atoms with Crippen molar-refractivity contribution in [2.45, 2.75) is 6.92 Å². The molecule has 0 atom stereocenters. The summed E-state index contributed by atoms with van der Waals surface area (Å²) in [5, 5.41) is 0.736. The van der Waals surface area contributed by atoms with E-state index in [1.165, 1.54) is 0 Å². The lowest BCUT2D eigenvalue weighted by atomic mass is 10.1. The van der Waals surface area contributed by atoms with Gasteiger partial charge in [0.2, 0.25) is 0 Å². The van der Waals surface area contributed by atoms with E-state index < -0.39 is 0 Å². The van der Waals surface area contributed by atoms with E-state index in [2.05, 4.69) is 4.99 Å². The Hall–Kier alpha value is -1.60. The number of hydrogen-bond acceptors (Lipinski definition) is 1. The zero-order chi connectivity index (χ0) is 11.4. The lowest BCUT2D eigenvalue weighted by Crippen LogP contribution is -1.87. The molecule has 0 unspecified atom stereocenters. The van der Waals surface area contributed by atoms with Crippen molar-refractivity contribution in [3.05, 3.63) is 64.7 Å². The maximum absolute atomic E-state index is 6.10. The first-order valence-corrected chi connectivity index (χ1v) is 5.49. The topological polar surface area (TPSA) is 12.4 Å². The van der Waals surface area contributed by atoms with Crippen LogP contribution in [0.1, 0.15) is 11.1 Å². The average Bonchev–Trinajstić information content (AvgIpc) is 2.30. The first-order chi connectivity index (χ1) is 7.77. The SMILES string of the molecule is Cc1cccc(Cl)c1C=Nc1ccccc1. The highest BCUT2D eigenvalue weighted by Crippen LogP contribution is 2.18. The minimum atomic E-state index is 0.736. The third kappa shape index (κ3) is 2.50. The Balaban J connectivity index is 2.31. The molecule has 80 valence electrons. The molecule has 2 aromatic carbocycles. The molecule has 0 aliphatic heterocycles. The van der Waals surface area contributed by atoms with Crippen LogP contribution in [-0.2, 0) is 0 Å². The maximum Gasteiger partial charge on any atom is 0.0629 e. The van der Waals surface area contributed by atoms with Gasteiger partial charge in [-0.15, -0.1) is 0 Å². The van der Waals surface area contributed by atoms with Crippen molar-refractivity contribution in [2.75, 3.05) is 0 Å². The van der Waals surface area contributed by atoms with Crippen molar-refractivity contribution in [3.8, 4) is 0 Å². The summed E-state index contributed by atoms with van der Waals surface area (Å²) in [7, 11) is 0. The summed E-state index contributed by atoms with van der Waals surface area (Å²) in [6, 6.07) is 15.7. The van der Waals surface area contributed by atoms with E-state index in [-0.39, 0.29) is 0 Å². The molecule has 16 heavy (non-hydrogen) atoms. The number of aryl methyl sites for hydroxylation is 1. The van der Waals surface area contributed by atoms with Crippen LogP contribution in [0.2, 0.25) is 5.02 Å². The van der Waals surface area contributed by atoms with Crippen LogP contribution in [0.4, 0.5) is 5.69 Å². The van der Waals surface area contributed by atoms with Crippen molar-refractivity contribution in [1.82, 2.24) is 0 Å². The maximum atomic E-state index is 6.10. The van der Waals surface area contributed by atoms with Crippen LogP contribution in [0.3, 0.4) is 0 Å². The normalized spacial score (nSPS) is 10.9. The highest BCUT2D eigenvalue weighted by Gasteiger charge is 1.99. The van der Waals surface area contributed by atoms with Gasteiger partial charge in [0.1, 0.15) is 0 Å². The van der Waals surface area contributed by atoms with Gasteiger partial charge in [0.05, 0.1) is 5.69 Å². The fraction of sp³-hybridized carbons (Fsp3) is 0.0714. The number of nitrogens with zero attached hydrogens (tertiary/aromatic N) is 1. The lowest BCUT2D eigenvalue weighted by Gasteiger charge is -2.01. The van der Waals surface area contributed by atoms with Crippen molar-refractivity contribution in [3.63, 3.8) is 0 Å². The number of rotatable bonds is 2. The number of hydrogen-bond donors (Lipinski definition) is 0. The third-order valence-corrected chi connectivity index (χ3v) is 2.70. The predicted octanol–water partition coefficient (Wildman–Crippen LogP) is 4.40. The number of halogens is 1. The molecular weight excluding hydrogens is 218 g/mol. The van der Waals surface area contributed by atoms with Gasteiger partial charge < -0.3 is 0 Å². The van der Waals surface area contributed by atoms with Crippen molar-refractivity contribution in [2.24, 2.45) is 4.99 Å². The summed E-state index contributed by atoms with van der Waals surface area (Å²) in [4.78, 5) is 4.39. The van der Waals surface area contributed by atoms with Crippen LogP contribution in [0.15, 0.2) is 53.5 Å². The number of benzene rings is 2. The zero-order valence-electron chi connectivity index (χ0n) is 9.02. The van der Waals surface area contributed by atoms with E-state index in [1.807, 2.05) is 61.7 Å². The molecule has 0 heterocycles. The van der Waals surface area contributed by atoms with Crippen LogP contribution in [0.25, 0.3) is 0 Å². The first kappa shape index (κ1) is 10.9. The van der Waals surface area contributed by atoms with Crippen LogP contribution >= 0.6 is 11.6 Å². The average molecular weight is 230 g/mol. The van der Waals surface area contributed by atoms with E-state index in [0.717, 1.165) is 21.8 Å². The number of aliphatic imine (C=N–C) groups is 1. The minimum Gasteiger partial charge on any atom is -0.256 e. The Morgan fingerprint density at radius 1 is 1.00 bits per heavy atom. The minimum absolute atomic E-state index is 0.736. The monoisotopic (exact) mass is 229 g/mol. The summed E-state index contributed by atoms with van der Waals surface area (Å²) in [6.45, 7) is 2.03. The van der Waals surface area contributed by atoms with E-state index in [9.17, 15) is 0 Å². The third-order valence-electron chi connectivity index (χ3n) is 2.37. The van der Waals surface area contributed by atoms with Gasteiger partial charge in [-0.2, -0.15) is 0 Å². The van der Waals surface area contributed by atoms with Gasteiger partial charge in [-0.25, -0.2) is 0 Å². The van der Waals surface area contributed by atoms with Gasteiger partial charge in [0, 0.05) is 16.8 Å². The molecule has 2 aromatic rings. The van der Waals surface area contributed by atoms with Crippen LogP contribution in [0.5, 0.6) is 0 Å². The molecule has 0 amide bonds. The van der Waals surface area contributed by atoms with E-state index in [4.69, 9.17) is 11.6 Å². The Kier molecular flexibility index (Phi) is 3.37. The Labute approximate surface area is 100 Å². The van der Waals surface area contributed by atoms with Crippen LogP contribution < -0.4 is 0 Å². The predicted molar refractivity (Wildman–Crippen MR) is 69.9 cm³/mol. The van der Waals surface area contributed by atoms with E-state index >= 15 is 0 Å². The van der Waals surface area contributed by atoms with Gasteiger partial charge in [-0.1, -0.05) is 41.9 Å². The smallest absolute Gasteiger partial charge is 0.0629 e. The molecule has 0 radical (unpaired) electrons. The quantitative estimate of drug-likeness (QED) is 0.677. The molecule has 0 aromatic heterocycles. The second kappa shape index (κ2) is 4.95. The molecule has 0 N–H and O–H groups in total. The molecule has 0 saturated carbocycles. The molecule has 0 aliphatic carbocycles. The largest absolute Gasteiger partial charge is 0.256 e. The summed E-state index contributed by atoms with van der Waals surface area (Å²) >= 11 is 6.10.